The molecule has 5 nitrogen and oxygen atoms in total. The molecular weight excluding hydrogens is 374 g/mol. The summed E-state index contributed by atoms with van der Waals surface area (Å²) in [5.41, 5.74) is 3.13. The Bertz CT molecular complexity index is 851. The Morgan fingerprint density at radius 2 is 1.77 bits per heavy atom. The third-order valence-corrected chi connectivity index (χ3v) is 5.70. The molecule has 0 saturated carbocycles. The van der Waals surface area contributed by atoms with Crippen molar-refractivity contribution in [2.24, 2.45) is 0 Å². The summed E-state index contributed by atoms with van der Waals surface area (Å²) in [5, 5.41) is 3.08. The fourth-order valence-corrected chi connectivity index (χ4v) is 3.69. The molecule has 1 amide bonds. The highest BCUT2D eigenvalue weighted by atomic mass is 16.5. The smallest absolute Gasteiger partial charge is 0.265 e. The van der Waals surface area contributed by atoms with E-state index in [1.165, 1.54) is 5.56 Å². The van der Waals surface area contributed by atoms with Gasteiger partial charge in [-0.25, -0.2) is 0 Å². The van der Waals surface area contributed by atoms with E-state index in [-0.39, 0.29) is 11.3 Å². The van der Waals surface area contributed by atoms with E-state index in [0.29, 0.717) is 5.75 Å². The van der Waals surface area contributed by atoms with Gasteiger partial charge in [-0.05, 0) is 48.7 Å². The molecule has 0 spiro atoms. The van der Waals surface area contributed by atoms with Gasteiger partial charge in [0, 0.05) is 26.2 Å². The van der Waals surface area contributed by atoms with Crippen LogP contribution in [0.5, 0.6) is 5.75 Å². The Balaban J connectivity index is 1.66. The number of hydrogen-bond donors (Lipinski definition) is 1. The SMILES string of the molecule is CCN1CCN(c2ccccc2NC(=O)C(C)Oc2cccc(C(C)(C)C)c2)CC1. The van der Waals surface area contributed by atoms with Crippen molar-refractivity contribution in [3.8, 4) is 5.75 Å². The van der Waals surface area contributed by atoms with Gasteiger partial charge >= 0.3 is 0 Å². The first-order valence-electron chi connectivity index (χ1n) is 10.9. The molecule has 162 valence electrons. The number of para-hydroxylation sites is 2. The Kier molecular flexibility index (Phi) is 7.03. The lowest BCUT2D eigenvalue weighted by atomic mass is 9.87. The van der Waals surface area contributed by atoms with Crippen molar-refractivity contribution in [3.63, 3.8) is 0 Å². The molecule has 0 bridgehead atoms. The van der Waals surface area contributed by atoms with Crippen molar-refractivity contribution in [2.75, 3.05) is 42.9 Å². The number of rotatable bonds is 6. The van der Waals surface area contributed by atoms with Crippen LogP contribution in [0, 0.1) is 0 Å². The van der Waals surface area contributed by atoms with Crippen LogP contribution in [0.15, 0.2) is 48.5 Å². The number of nitrogens with one attached hydrogen (secondary N) is 1. The van der Waals surface area contributed by atoms with Crippen LogP contribution in [0.1, 0.15) is 40.2 Å². The number of benzene rings is 2. The number of carbonyl (C=O) groups is 1. The van der Waals surface area contributed by atoms with Crippen molar-refractivity contribution in [1.82, 2.24) is 4.90 Å². The van der Waals surface area contributed by atoms with E-state index in [1.54, 1.807) is 6.92 Å². The topological polar surface area (TPSA) is 44.8 Å². The minimum absolute atomic E-state index is 0.0333. The molecule has 3 rings (SSSR count). The van der Waals surface area contributed by atoms with Gasteiger partial charge in [0.15, 0.2) is 6.10 Å². The average Bonchev–Trinajstić information content (AvgIpc) is 2.74. The summed E-state index contributed by atoms with van der Waals surface area (Å²) < 4.78 is 5.97. The number of likely N-dealkylation sites (N-methyl/N-ethyl adjacent to an activating group) is 1. The van der Waals surface area contributed by atoms with Gasteiger partial charge in [0.05, 0.1) is 11.4 Å². The van der Waals surface area contributed by atoms with Crippen molar-refractivity contribution in [1.29, 1.82) is 0 Å². The molecule has 1 fully saturated rings. The molecule has 2 aromatic carbocycles. The van der Waals surface area contributed by atoms with Crippen LogP contribution in [0.4, 0.5) is 11.4 Å². The highest BCUT2D eigenvalue weighted by molar-refractivity contribution is 5.97. The van der Waals surface area contributed by atoms with E-state index in [1.807, 2.05) is 36.4 Å². The summed E-state index contributed by atoms with van der Waals surface area (Å²) >= 11 is 0. The standard InChI is InChI=1S/C25H35N3O2/c1-6-27-14-16-28(17-15-27)23-13-8-7-12-22(23)26-24(29)19(2)30-21-11-9-10-20(18-21)25(3,4)5/h7-13,18-19H,6,14-17H2,1-5H3,(H,26,29). The molecule has 1 saturated heterocycles. The Hall–Kier alpha value is -2.53. The van der Waals surface area contributed by atoms with Crippen molar-refractivity contribution >= 4 is 17.3 Å². The lowest BCUT2D eigenvalue weighted by Crippen LogP contribution is -2.46. The lowest BCUT2D eigenvalue weighted by molar-refractivity contribution is -0.122. The summed E-state index contributed by atoms with van der Waals surface area (Å²) in [5.74, 6) is 0.574. The molecule has 5 heteroatoms. The molecule has 1 aliphatic rings. The van der Waals surface area contributed by atoms with Crippen molar-refractivity contribution in [2.45, 2.75) is 46.1 Å². The maximum absolute atomic E-state index is 12.9. The van der Waals surface area contributed by atoms with Crippen LogP contribution in [0.25, 0.3) is 0 Å². The van der Waals surface area contributed by atoms with E-state index in [4.69, 9.17) is 4.74 Å². The molecule has 0 radical (unpaired) electrons. The van der Waals surface area contributed by atoms with E-state index in [9.17, 15) is 4.79 Å². The van der Waals surface area contributed by atoms with Gasteiger partial charge in [-0.2, -0.15) is 0 Å². The van der Waals surface area contributed by atoms with Gasteiger partial charge in [-0.3, -0.25) is 4.79 Å². The number of piperazine rings is 1. The molecule has 1 atom stereocenters. The largest absolute Gasteiger partial charge is 0.481 e. The number of carbonyl (C=O) groups excluding carboxylic acids is 1. The molecular formula is C25H35N3O2. The maximum atomic E-state index is 12.9. The number of nitrogens with zero attached hydrogens (tertiary/aromatic N) is 2. The van der Waals surface area contributed by atoms with E-state index in [2.05, 4.69) is 54.9 Å². The monoisotopic (exact) mass is 409 g/mol. The molecule has 0 aliphatic carbocycles. The van der Waals surface area contributed by atoms with Gasteiger partial charge in [0.25, 0.3) is 5.91 Å². The third-order valence-electron chi connectivity index (χ3n) is 5.70. The normalized spacial score (nSPS) is 16.2. The van der Waals surface area contributed by atoms with Crippen LogP contribution in [0.3, 0.4) is 0 Å². The van der Waals surface area contributed by atoms with Gasteiger partial charge in [-0.15, -0.1) is 0 Å². The quantitative estimate of drug-likeness (QED) is 0.761. The third kappa shape index (κ3) is 5.54. The lowest BCUT2D eigenvalue weighted by Gasteiger charge is -2.36. The molecule has 1 heterocycles. The highest BCUT2D eigenvalue weighted by Gasteiger charge is 2.21. The molecule has 0 aromatic heterocycles. The van der Waals surface area contributed by atoms with E-state index < -0.39 is 6.10 Å². The zero-order valence-corrected chi connectivity index (χ0v) is 18.9. The second-order valence-corrected chi connectivity index (χ2v) is 8.97. The number of ether oxygens (including phenoxy) is 1. The van der Waals surface area contributed by atoms with Crippen molar-refractivity contribution in [3.05, 3.63) is 54.1 Å². The fraction of sp³-hybridized carbons (Fsp3) is 0.480. The van der Waals surface area contributed by atoms with Crippen LogP contribution in [-0.4, -0.2) is 49.6 Å². The summed E-state index contributed by atoms with van der Waals surface area (Å²) in [6.45, 7) is 15.6. The summed E-state index contributed by atoms with van der Waals surface area (Å²) in [7, 11) is 0. The zero-order valence-electron chi connectivity index (χ0n) is 18.9. The van der Waals surface area contributed by atoms with Crippen molar-refractivity contribution < 1.29 is 9.53 Å². The minimum atomic E-state index is -0.592. The van der Waals surface area contributed by atoms with Gasteiger partial charge in [0.2, 0.25) is 0 Å². The van der Waals surface area contributed by atoms with Crippen LogP contribution < -0.4 is 15.0 Å². The molecule has 1 unspecified atom stereocenters. The highest BCUT2D eigenvalue weighted by Crippen LogP contribution is 2.28. The summed E-state index contributed by atoms with van der Waals surface area (Å²) in [6, 6.07) is 16.0. The molecule has 1 aliphatic heterocycles. The van der Waals surface area contributed by atoms with E-state index in [0.717, 1.165) is 44.1 Å². The zero-order chi connectivity index (χ0) is 21.7. The maximum Gasteiger partial charge on any atom is 0.265 e. The Labute approximate surface area is 181 Å². The number of anilines is 2. The molecule has 30 heavy (non-hydrogen) atoms. The fourth-order valence-electron chi connectivity index (χ4n) is 3.69. The average molecular weight is 410 g/mol. The Morgan fingerprint density at radius 3 is 2.43 bits per heavy atom. The van der Waals surface area contributed by atoms with Crippen LogP contribution in [0.2, 0.25) is 0 Å². The summed E-state index contributed by atoms with van der Waals surface area (Å²) in [6.07, 6.45) is -0.592. The second kappa shape index (κ2) is 9.52. The molecule has 1 N–H and O–H groups in total. The van der Waals surface area contributed by atoms with Crippen LogP contribution in [-0.2, 0) is 10.2 Å². The van der Waals surface area contributed by atoms with Crippen LogP contribution >= 0.6 is 0 Å². The number of hydrogen-bond acceptors (Lipinski definition) is 4. The second-order valence-electron chi connectivity index (χ2n) is 8.97. The van der Waals surface area contributed by atoms with Gasteiger partial charge < -0.3 is 19.9 Å². The van der Waals surface area contributed by atoms with Gasteiger partial charge in [0.1, 0.15) is 5.75 Å². The Morgan fingerprint density at radius 1 is 1.07 bits per heavy atom. The predicted octanol–water partition coefficient (Wildman–Crippen LogP) is 4.53. The predicted molar refractivity (Wildman–Crippen MR) is 125 cm³/mol. The first-order chi connectivity index (χ1) is 14.3. The summed E-state index contributed by atoms with van der Waals surface area (Å²) in [4.78, 5) is 17.7. The minimum Gasteiger partial charge on any atom is -0.481 e. The number of amides is 1. The first-order valence-corrected chi connectivity index (χ1v) is 10.9. The van der Waals surface area contributed by atoms with Gasteiger partial charge in [-0.1, -0.05) is 52.0 Å². The first kappa shape index (κ1) is 22.2. The van der Waals surface area contributed by atoms with E-state index >= 15 is 0 Å². The molecule has 2 aromatic rings.